The fraction of sp³-hybridized carbons (Fsp3) is 0.647. The minimum Gasteiger partial charge on any atom is -0.508 e. The van der Waals surface area contributed by atoms with Crippen LogP contribution in [0.25, 0.3) is 0 Å². The van der Waals surface area contributed by atoms with Crippen LogP contribution in [0.5, 0.6) is 11.5 Å². The van der Waals surface area contributed by atoms with Crippen LogP contribution in [-0.2, 0) is 9.47 Å². The highest BCUT2D eigenvalue weighted by Crippen LogP contribution is 2.27. The van der Waals surface area contributed by atoms with Gasteiger partial charge in [0.1, 0.15) is 29.8 Å². The van der Waals surface area contributed by atoms with E-state index in [-0.39, 0.29) is 5.75 Å². The third kappa shape index (κ3) is 5.53. The van der Waals surface area contributed by atoms with Crippen molar-refractivity contribution in [3.63, 3.8) is 0 Å². The number of rotatable bonds is 9. The Morgan fingerprint density at radius 1 is 1.12 bits per heavy atom. The largest absolute Gasteiger partial charge is 0.508 e. The summed E-state index contributed by atoms with van der Waals surface area (Å²) in [5.74, 6) is 0.473. The van der Waals surface area contributed by atoms with Crippen molar-refractivity contribution in [1.82, 2.24) is 5.32 Å². The minimum absolute atomic E-state index is 0.0861. The van der Waals surface area contributed by atoms with E-state index in [1.54, 1.807) is 0 Å². The maximum atomic E-state index is 10.4. The van der Waals surface area contributed by atoms with Crippen LogP contribution in [0.4, 0.5) is 0 Å². The molecule has 0 bridgehead atoms. The van der Waals surface area contributed by atoms with Gasteiger partial charge in [-0.2, -0.15) is 0 Å². The summed E-state index contributed by atoms with van der Waals surface area (Å²) >= 11 is 0. The van der Waals surface area contributed by atoms with Crippen molar-refractivity contribution in [3.8, 4) is 11.5 Å². The lowest BCUT2D eigenvalue weighted by molar-refractivity contribution is -0.294. The van der Waals surface area contributed by atoms with Crippen LogP contribution in [0.3, 0.4) is 0 Å². The van der Waals surface area contributed by atoms with Crippen LogP contribution >= 0.6 is 0 Å². The van der Waals surface area contributed by atoms with E-state index < -0.39 is 37.3 Å². The monoisotopic (exact) mass is 357 g/mol. The predicted molar refractivity (Wildman–Crippen MR) is 89.4 cm³/mol. The molecule has 1 fully saturated rings. The third-order valence-corrected chi connectivity index (χ3v) is 3.92. The number of ether oxygens (including phenoxy) is 3. The Bertz CT molecular complexity index is 498. The molecule has 2 rings (SSSR count). The van der Waals surface area contributed by atoms with E-state index in [9.17, 15) is 20.4 Å². The van der Waals surface area contributed by atoms with Gasteiger partial charge < -0.3 is 40.0 Å². The topological polar surface area (TPSA) is 121 Å². The number of hydrogen-bond acceptors (Lipinski definition) is 8. The zero-order valence-corrected chi connectivity index (χ0v) is 14.2. The van der Waals surface area contributed by atoms with E-state index in [2.05, 4.69) is 12.2 Å². The molecule has 0 aliphatic carbocycles. The first-order chi connectivity index (χ1) is 12.1. The molecule has 1 heterocycles. The van der Waals surface area contributed by atoms with E-state index in [1.165, 1.54) is 24.3 Å². The number of hydrogen-bond donors (Lipinski definition) is 5. The molecule has 1 saturated heterocycles. The van der Waals surface area contributed by atoms with Crippen molar-refractivity contribution >= 4 is 0 Å². The van der Waals surface area contributed by atoms with E-state index >= 15 is 0 Å². The molecule has 1 aromatic carbocycles. The second-order valence-corrected chi connectivity index (χ2v) is 5.90. The zero-order valence-electron chi connectivity index (χ0n) is 14.2. The molecule has 3 unspecified atom stereocenters. The molecule has 8 heteroatoms. The lowest BCUT2D eigenvalue weighted by atomic mass is 9.99. The van der Waals surface area contributed by atoms with Crippen molar-refractivity contribution in [2.45, 2.75) is 44.1 Å². The Balaban J connectivity index is 2.02. The molecule has 5 N–H and O–H groups in total. The first-order valence-corrected chi connectivity index (χ1v) is 8.47. The van der Waals surface area contributed by atoms with Crippen LogP contribution in [0.15, 0.2) is 24.3 Å². The first kappa shape index (κ1) is 19.9. The highest BCUT2D eigenvalue weighted by molar-refractivity contribution is 5.30. The Morgan fingerprint density at radius 2 is 1.84 bits per heavy atom. The molecule has 0 radical (unpaired) electrons. The van der Waals surface area contributed by atoms with Gasteiger partial charge in [-0.15, -0.1) is 0 Å². The number of aromatic hydroxyl groups is 1. The molecule has 1 aliphatic heterocycles. The average Bonchev–Trinajstić information content (AvgIpc) is 2.62. The fourth-order valence-corrected chi connectivity index (χ4v) is 2.55. The fourth-order valence-electron chi connectivity index (χ4n) is 2.55. The summed E-state index contributed by atoms with van der Waals surface area (Å²) in [5, 5.41) is 42.2. The highest BCUT2D eigenvalue weighted by Gasteiger charge is 2.46. The summed E-state index contributed by atoms with van der Waals surface area (Å²) in [6.45, 7) is 3.40. The van der Waals surface area contributed by atoms with Crippen molar-refractivity contribution in [1.29, 1.82) is 0 Å². The second kappa shape index (κ2) is 9.91. The molecular formula is C17H27NO7. The maximum absolute atomic E-state index is 10.4. The number of nitrogens with one attached hydrogen (secondary N) is 1. The Kier molecular flexibility index (Phi) is 7.89. The lowest BCUT2D eigenvalue weighted by Crippen LogP contribution is -2.61. The summed E-state index contributed by atoms with van der Waals surface area (Å²) in [5.41, 5.74) is 0. The standard InChI is InChI=1S/C17H27NO7/c1-2-7-18-8-9-23-17-16(15(22)14(21)13(10-19)25-17)24-12-5-3-11(20)4-6-12/h3-6,13-22H,2,7-10H2,1H3/t13?,14-,15?,16?,17+/m1/s1. The van der Waals surface area contributed by atoms with E-state index in [1.807, 2.05) is 0 Å². The van der Waals surface area contributed by atoms with Gasteiger partial charge in [-0.3, -0.25) is 0 Å². The number of aliphatic hydroxyl groups is 3. The van der Waals surface area contributed by atoms with Crippen molar-refractivity contribution < 1.29 is 34.6 Å². The molecule has 0 saturated carbocycles. The van der Waals surface area contributed by atoms with E-state index in [4.69, 9.17) is 14.2 Å². The SMILES string of the molecule is CCCNCCO[C@H]1OC(CO)[C@@H](O)C(O)C1Oc1ccc(O)cc1. The van der Waals surface area contributed by atoms with Crippen LogP contribution < -0.4 is 10.1 Å². The molecule has 25 heavy (non-hydrogen) atoms. The van der Waals surface area contributed by atoms with Crippen molar-refractivity contribution in [2.24, 2.45) is 0 Å². The van der Waals surface area contributed by atoms with Crippen LogP contribution in [0.2, 0.25) is 0 Å². The predicted octanol–water partition coefficient (Wildman–Crippen LogP) is -0.405. The normalized spacial score (nSPS) is 29.5. The molecule has 0 spiro atoms. The maximum Gasteiger partial charge on any atom is 0.197 e. The lowest BCUT2D eigenvalue weighted by Gasteiger charge is -2.41. The van der Waals surface area contributed by atoms with Crippen LogP contribution in [-0.4, -0.2) is 77.4 Å². The summed E-state index contributed by atoms with van der Waals surface area (Å²) in [4.78, 5) is 0. The van der Waals surface area contributed by atoms with Gasteiger partial charge in [0.25, 0.3) is 0 Å². The average molecular weight is 357 g/mol. The van der Waals surface area contributed by atoms with E-state index in [0.29, 0.717) is 18.9 Å². The molecule has 1 aliphatic rings. The summed E-state index contributed by atoms with van der Waals surface area (Å²) in [7, 11) is 0. The quantitative estimate of drug-likeness (QED) is 0.379. The summed E-state index contributed by atoms with van der Waals surface area (Å²) in [6, 6.07) is 5.96. The van der Waals surface area contributed by atoms with Gasteiger partial charge in [-0.05, 0) is 37.2 Å². The summed E-state index contributed by atoms with van der Waals surface area (Å²) in [6.07, 6.45) is -4.48. The van der Waals surface area contributed by atoms with Crippen molar-refractivity contribution in [2.75, 3.05) is 26.3 Å². The Hall–Kier alpha value is -1.42. The minimum atomic E-state index is -1.30. The van der Waals surface area contributed by atoms with Crippen molar-refractivity contribution in [3.05, 3.63) is 24.3 Å². The molecule has 5 atom stereocenters. The molecule has 8 nitrogen and oxygen atoms in total. The number of phenolic OH excluding ortho intramolecular Hbond substituents is 1. The van der Waals surface area contributed by atoms with E-state index in [0.717, 1.165) is 13.0 Å². The number of benzene rings is 1. The van der Waals surface area contributed by atoms with Gasteiger partial charge in [-0.25, -0.2) is 0 Å². The first-order valence-electron chi connectivity index (χ1n) is 8.47. The van der Waals surface area contributed by atoms with Crippen LogP contribution in [0.1, 0.15) is 13.3 Å². The molecule has 0 aromatic heterocycles. The van der Waals surface area contributed by atoms with Crippen LogP contribution in [0, 0.1) is 0 Å². The molecule has 142 valence electrons. The van der Waals surface area contributed by atoms with Gasteiger partial charge in [0.05, 0.1) is 13.2 Å². The zero-order chi connectivity index (χ0) is 18.2. The Labute approximate surface area is 147 Å². The van der Waals surface area contributed by atoms with Gasteiger partial charge >= 0.3 is 0 Å². The van der Waals surface area contributed by atoms with Gasteiger partial charge in [0.15, 0.2) is 12.4 Å². The van der Waals surface area contributed by atoms with Gasteiger partial charge in [0.2, 0.25) is 0 Å². The number of aliphatic hydroxyl groups excluding tert-OH is 3. The third-order valence-electron chi connectivity index (χ3n) is 3.92. The number of phenols is 1. The van der Waals surface area contributed by atoms with Gasteiger partial charge in [0, 0.05) is 6.54 Å². The second-order valence-electron chi connectivity index (χ2n) is 5.90. The smallest absolute Gasteiger partial charge is 0.197 e. The molecule has 0 amide bonds. The highest BCUT2D eigenvalue weighted by atomic mass is 16.7. The Morgan fingerprint density at radius 3 is 2.48 bits per heavy atom. The molecule has 1 aromatic rings. The summed E-state index contributed by atoms with van der Waals surface area (Å²) < 4.78 is 16.9. The molecular weight excluding hydrogens is 330 g/mol. The van der Waals surface area contributed by atoms with Gasteiger partial charge in [-0.1, -0.05) is 6.92 Å².